The van der Waals surface area contributed by atoms with Crippen molar-refractivity contribution in [2.75, 3.05) is 18.8 Å². The molecule has 2 heterocycles. The second-order valence-corrected chi connectivity index (χ2v) is 6.68. The highest BCUT2D eigenvalue weighted by Crippen LogP contribution is 2.29. The molecule has 0 saturated heterocycles. The van der Waals surface area contributed by atoms with E-state index in [0.29, 0.717) is 25.5 Å². The van der Waals surface area contributed by atoms with Gasteiger partial charge in [-0.05, 0) is 18.9 Å². The van der Waals surface area contributed by atoms with E-state index in [4.69, 9.17) is 10.7 Å². The number of nitrogens with two attached hydrogens (primary N) is 1. The van der Waals surface area contributed by atoms with Crippen LogP contribution in [-0.4, -0.2) is 33.7 Å². The quantitative estimate of drug-likeness (QED) is 0.561. The second-order valence-electron chi connectivity index (χ2n) is 6.68. The van der Waals surface area contributed by atoms with Gasteiger partial charge in [0.25, 0.3) is 0 Å². The third kappa shape index (κ3) is 4.13. The topological polar surface area (TPSA) is 97.9 Å². The molecule has 0 saturated carbocycles. The van der Waals surface area contributed by atoms with Crippen LogP contribution in [0, 0.1) is 0 Å². The van der Waals surface area contributed by atoms with E-state index >= 15 is 0 Å². The van der Waals surface area contributed by atoms with Gasteiger partial charge in [-0.15, -0.1) is 0 Å². The Labute approximate surface area is 162 Å². The summed E-state index contributed by atoms with van der Waals surface area (Å²) < 4.78 is 2.19. The summed E-state index contributed by atoms with van der Waals surface area (Å²) >= 11 is 0. The first-order valence-electron chi connectivity index (χ1n) is 9.70. The van der Waals surface area contributed by atoms with Gasteiger partial charge in [-0.25, -0.2) is 14.8 Å². The zero-order chi connectivity index (χ0) is 19.2. The average molecular weight is 373 g/mol. The van der Waals surface area contributed by atoms with Gasteiger partial charge in [-0.3, -0.25) is 0 Å². The van der Waals surface area contributed by atoms with Gasteiger partial charge in [-0.1, -0.05) is 38.5 Å². The van der Waals surface area contributed by atoms with E-state index in [1.165, 1.54) is 0 Å². The highest BCUT2D eigenvalue weighted by molar-refractivity contribution is 6.06. The van der Waals surface area contributed by atoms with Gasteiger partial charge in [0.15, 0.2) is 5.82 Å². The maximum atomic E-state index is 11.8. The Morgan fingerprint density at radius 2 is 1.93 bits per heavy atom. The number of amides is 2. The molecular formula is C20H32N6O. The molecule has 7 nitrogen and oxygen atoms in total. The van der Waals surface area contributed by atoms with Crippen molar-refractivity contribution in [2.45, 2.75) is 46.1 Å². The molecule has 0 atom stereocenters. The Bertz CT molecular complexity index is 944. The molecule has 0 aliphatic carbocycles. The van der Waals surface area contributed by atoms with E-state index in [9.17, 15) is 4.79 Å². The van der Waals surface area contributed by atoms with Crippen molar-refractivity contribution in [2.24, 2.45) is 0 Å². The van der Waals surface area contributed by atoms with Crippen LogP contribution in [0.5, 0.6) is 0 Å². The van der Waals surface area contributed by atoms with E-state index in [2.05, 4.69) is 27.1 Å². The largest absolute Gasteiger partial charge is 0.382 e. The summed E-state index contributed by atoms with van der Waals surface area (Å²) in [6.07, 6.45) is 3.94. The summed E-state index contributed by atoms with van der Waals surface area (Å²) in [7, 11) is 0. The summed E-state index contributed by atoms with van der Waals surface area (Å²) in [6, 6.07) is 7.83. The zero-order valence-corrected chi connectivity index (χ0v) is 16.1. The molecule has 2 aromatic heterocycles. The van der Waals surface area contributed by atoms with Crippen LogP contribution in [0.4, 0.5) is 10.6 Å². The molecule has 0 aliphatic heterocycles. The van der Waals surface area contributed by atoms with E-state index in [1.54, 1.807) is 0 Å². The molecule has 2 amide bonds. The number of unbranched alkanes of at least 4 members (excludes halogenated alkanes) is 1. The van der Waals surface area contributed by atoms with E-state index in [0.717, 1.165) is 53.4 Å². The smallest absolute Gasteiger partial charge is 0.314 e. The van der Waals surface area contributed by atoms with Gasteiger partial charge in [0.2, 0.25) is 0 Å². The number of nitrogens with zero attached hydrogens (tertiary/aromatic N) is 3. The average Bonchev–Trinajstić information content (AvgIpc) is 3.04. The van der Waals surface area contributed by atoms with Gasteiger partial charge in [0.05, 0.1) is 11.0 Å². The first-order chi connectivity index (χ1) is 13.2. The van der Waals surface area contributed by atoms with Crippen LogP contribution in [0.3, 0.4) is 0 Å². The number of hydrogen-bond acceptors (Lipinski definition) is 4. The fraction of sp³-hybridized carbons (Fsp3) is 0.450. The first-order valence-corrected chi connectivity index (χ1v) is 9.70. The Morgan fingerprint density at radius 3 is 2.70 bits per heavy atom. The fourth-order valence-corrected chi connectivity index (χ4v) is 3.25. The predicted octanol–water partition coefficient (Wildman–Crippen LogP) is 3.71. The van der Waals surface area contributed by atoms with Crippen LogP contribution < -0.4 is 16.4 Å². The minimum absolute atomic E-state index is 0. The van der Waals surface area contributed by atoms with Gasteiger partial charge < -0.3 is 20.9 Å². The SMILES string of the molecule is CCCCc1nc2c(N)nc3ccccc3c2n1CCNC(=O)NCCC.[HH].[HH]. The van der Waals surface area contributed by atoms with Crippen LogP contribution in [0.25, 0.3) is 21.9 Å². The van der Waals surface area contributed by atoms with Crippen molar-refractivity contribution in [1.29, 1.82) is 0 Å². The molecule has 0 spiro atoms. The van der Waals surface area contributed by atoms with Crippen molar-refractivity contribution < 1.29 is 7.65 Å². The number of urea groups is 1. The highest BCUT2D eigenvalue weighted by atomic mass is 16.2. The Balaban J connectivity index is 0.00000210. The number of pyridine rings is 1. The van der Waals surface area contributed by atoms with Gasteiger partial charge in [0, 0.05) is 34.3 Å². The lowest BCUT2D eigenvalue weighted by Gasteiger charge is -2.12. The van der Waals surface area contributed by atoms with Crippen LogP contribution in [0.2, 0.25) is 0 Å². The fourth-order valence-electron chi connectivity index (χ4n) is 3.25. The molecule has 7 heteroatoms. The molecule has 0 fully saturated rings. The normalized spacial score (nSPS) is 11.2. The number of nitrogen functional groups attached to an aromatic ring is 1. The van der Waals surface area contributed by atoms with Crippen LogP contribution in [0.1, 0.15) is 41.8 Å². The summed E-state index contributed by atoms with van der Waals surface area (Å²) in [5.41, 5.74) is 8.80. The van der Waals surface area contributed by atoms with E-state index in [1.807, 2.05) is 31.2 Å². The molecule has 0 radical (unpaired) electrons. The Kier molecular flexibility index (Phi) is 6.11. The van der Waals surface area contributed by atoms with Crippen LogP contribution in [-0.2, 0) is 13.0 Å². The number of rotatable bonds is 8. The van der Waals surface area contributed by atoms with E-state index in [-0.39, 0.29) is 8.88 Å². The number of aryl methyl sites for hydroxylation is 1. The number of aromatic nitrogens is 3. The summed E-state index contributed by atoms with van der Waals surface area (Å²) in [6.45, 7) is 6.03. The number of para-hydroxylation sites is 1. The van der Waals surface area contributed by atoms with Crippen LogP contribution >= 0.6 is 0 Å². The van der Waals surface area contributed by atoms with Crippen molar-refractivity contribution in [3.63, 3.8) is 0 Å². The summed E-state index contributed by atoms with van der Waals surface area (Å²) in [5.74, 6) is 1.45. The minimum atomic E-state index is -0.137. The number of nitrogens with one attached hydrogen (secondary N) is 2. The van der Waals surface area contributed by atoms with Crippen molar-refractivity contribution in [1.82, 2.24) is 25.2 Å². The maximum absolute atomic E-state index is 11.8. The molecule has 1 aromatic carbocycles. The van der Waals surface area contributed by atoms with Gasteiger partial charge in [-0.2, -0.15) is 0 Å². The molecular weight excluding hydrogens is 340 g/mol. The highest BCUT2D eigenvalue weighted by Gasteiger charge is 2.17. The van der Waals surface area contributed by atoms with Crippen molar-refractivity contribution >= 4 is 33.8 Å². The molecule has 4 N–H and O–H groups in total. The van der Waals surface area contributed by atoms with Gasteiger partial charge >= 0.3 is 6.03 Å². The molecule has 0 unspecified atom stereocenters. The van der Waals surface area contributed by atoms with Crippen molar-refractivity contribution in [3.8, 4) is 0 Å². The molecule has 27 heavy (non-hydrogen) atoms. The standard InChI is InChI=1S/C20H28N6O.2H2/c1-3-5-10-16-25-17-18(14-8-6-7-9-15(14)24-19(17)21)26(16)13-12-23-20(27)22-11-4-2;;/h6-9H,3-5,10-13H2,1-2H3,(H2,21,24)(H2,22,23,27);2*1H. The number of fused-ring (bicyclic) bond motifs is 3. The number of carbonyl (C=O) groups excluding carboxylic acids is 1. The molecule has 148 valence electrons. The number of imidazole rings is 1. The van der Waals surface area contributed by atoms with Gasteiger partial charge in [0.1, 0.15) is 11.3 Å². The number of carbonyl (C=O) groups is 1. The second kappa shape index (κ2) is 8.70. The number of hydrogen-bond donors (Lipinski definition) is 3. The molecule has 3 rings (SSSR count). The number of benzene rings is 1. The molecule has 3 aromatic rings. The van der Waals surface area contributed by atoms with Crippen molar-refractivity contribution in [3.05, 3.63) is 30.1 Å². The van der Waals surface area contributed by atoms with E-state index < -0.39 is 0 Å². The third-order valence-electron chi connectivity index (χ3n) is 4.60. The maximum Gasteiger partial charge on any atom is 0.314 e. The lowest BCUT2D eigenvalue weighted by molar-refractivity contribution is 0.240. The lowest BCUT2D eigenvalue weighted by Crippen LogP contribution is -2.37. The predicted molar refractivity (Wildman–Crippen MR) is 114 cm³/mol. The molecule has 0 aliphatic rings. The Hall–Kier alpha value is -2.83. The molecule has 0 bridgehead atoms. The lowest BCUT2D eigenvalue weighted by atomic mass is 10.2. The van der Waals surface area contributed by atoms with Crippen LogP contribution in [0.15, 0.2) is 24.3 Å². The number of anilines is 1. The Morgan fingerprint density at radius 1 is 1.15 bits per heavy atom. The zero-order valence-electron chi connectivity index (χ0n) is 16.1. The monoisotopic (exact) mass is 372 g/mol. The first kappa shape index (κ1) is 18.9. The summed E-state index contributed by atoms with van der Waals surface area (Å²) in [4.78, 5) is 21.1. The minimum Gasteiger partial charge on any atom is -0.382 e. The third-order valence-corrected chi connectivity index (χ3v) is 4.60. The summed E-state index contributed by atoms with van der Waals surface area (Å²) in [5, 5.41) is 6.79.